The average molecular weight is 822 g/mol. The fourth-order valence-electron chi connectivity index (χ4n) is 8.58. The molecule has 1 heteroatoms. The van der Waals surface area contributed by atoms with Crippen molar-refractivity contribution in [1.29, 1.82) is 0 Å². The summed E-state index contributed by atoms with van der Waals surface area (Å²) in [6.07, 6.45) is 0. The van der Waals surface area contributed by atoms with Crippen molar-refractivity contribution in [3.05, 3.63) is 271 Å². The molecule has 0 aliphatic heterocycles. The Kier molecular flexibility index (Phi) is 12.5. The van der Waals surface area contributed by atoms with E-state index in [1.165, 1.54) is 94.1 Å². The first-order valence-electron chi connectivity index (χ1n) is 22.1. The minimum Gasteiger partial charge on any atom is -0.309 e. The number of aromatic nitrogens is 1. The summed E-state index contributed by atoms with van der Waals surface area (Å²) in [6.45, 7) is 6.39. The highest BCUT2D eigenvalue weighted by Gasteiger charge is 2.15. The van der Waals surface area contributed by atoms with Crippen LogP contribution in [0, 0.1) is 20.8 Å². The zero-order valence-electron chi connectivity index (χ0n) is 36.7. The van der Waals surface area contributed by atoms with Gasteiger partial charge in [-0.3, -0.25) is 0 Å². The summed E-state index contributed by atoms with van der Waals surface area (Å²) in [6, 6.07) is 90.6. The Bertz CT molecular complexity index is 3200. The van der Waals surface area contributed by atoms with Crippen LogP contribution in [0.1, 0.15) is 16.7 Å². The number of nitrogens with zero attached hydrogens (tertiary/aromatic N) is 1. The van der Waals surface area contributed by atoms with Crippen molar-refractivity contribution < 1.29 is 0 Å². The van der Waals surface area contributed by atoms with Crippen molar-refractivity contribution >= 4 is 21.8 Å². The molecule has 11 rings (SSSR count). The van der Waals surface area contributed by atoms with Gasteiger partial charge in [-0.25, -0.2) is 0 Å². The molecule has 0 amide bonds. The van der Waals surface area contributed by atoms with E-state index in [9.17, 15) is 0 Å². The number of hydrogen-bond donors (Lipinski definition) is 0. The summed E-state index contributed by atoms with van der Waals surface area (Å²) in [7, 11) is 0. The van der Waals surface area contributed by atoms with Gasteiger partial charge in [0.25, 0.3) is 0 Å². The van der Waals surface area contributed by atoms with Crippen LogP contribution in [0.5, 0.6) is 0 Å². The van der Waals surface area contributed by atoms with Crippen LogP contribution in [0.15, 0.2) is 255 Å². The fourth-order valence-corrected chi connectivity index (χ4v) is 8.58. The van der Waals surface area contributed by atoms with E-state index in [0.29, 0.717) is 0 Å². The molecule has 0 saturated carbocycles. The Hall–Kier alpha value is -8.00. The normalized spacial score (nSPS) is 10.7. The smallest absolute Gasteiger partial charge is 0.0547 e. The highest BCUT2D eigenvalue weighted by Crippen LogP contribution is 2.37. The molecule has 0 radical (unpaired) electrons. The van der Waals surface area contributed by atoms with Gasteiger partial charge in [-0.1, -0.05) is 247 Å². The van der Waals surface area contributed by atoms with E-state index in [0.717, 1.165) is 5.69 Å². The Morgan fingerprint density at radius 1 is 0.234 bits per heavy atom. The maximum absolute atomic E-state index is 2.42. The summed E-state index contributed by atoms with van der Waals surface area (Å²) < 4.78 is 2.42. The molecule has 0 spiro atoms. The van der Waals surface area contributed by atoms with Gasteiger partial charge in [0.05, 0.1) is 11.0 Å². The zero-order valence-corrected chi connectivity index (χ0v) is 36.7. The van der Waals surface area contributed by atoms with E-state index >= 15 is 0 Å². The summed E-state index contributed by atoms with van der Waals surface area (Å²) in [5, 5.41) is 2.54. The molecule has 1 nitrogen and oxygen atoms in total. The Balaban J connectivity index is 0.000000161. The number of hydrogen-bond acceptors (Lipinski definition) is 0. The predicted octanol–water partition coefficient (Wildman–Crippen LogP) is 17.4. The molecule has 11 aromatic rings. The topological polar surface area (TPSA) is 4.93 Å². The highest BCUT2D eigenvalue weighted by molar-refractivity contribution is 6.10. The van der Waals surface area contributed by atoms with Crippen LogP contribution in [0.4, 0.5) is 0 Å². The minimum absolute atomic E-state index is 1.16. The van der Waals surface area contributed by atoms with Gasteiger partial charge in [-0.15, -0.1) is 0 Å². The Morgan fingerprint density at radius 3 is 1.17 bits per heavy atom. The van der Waals surface area contributed by atoms with Crippen molar-refractivity contribution in [2.75, 3.05) is 0 Å². The molecule has 0 fully saturated rings. The second-order valence-electron chi connectivity index (χ2n) is 16.4. The molecule has 0 atom stereocenters. The van der Waals surface area contributed by atoms with E-state index in [-0.39, 0.29) is 0 Å². The number of rotatable bonds is 6. The third-order valence-electron chi connectivity index (χ3n) is 11.7. The van der Waals surface area contributed by atoms with E-state index in [1.807, 2.05) is 12.1 Å². The lowest BCUT2D eigenvalue weighted by molar-refractivity contribution is 1.18. The largest absolute Gasteiger partial charge is 0.309 e. The van der Waals surface area contributed by atoms with Crippen LogP contribution < -0.4 is 0 Å². The Morgan fingerprint density at radius 2 is 0.625 bits per heavy atom. The van der Waals surface area contributed by atoms with Gasteiger partial charge in [0.2, 0.25) is 0 Å². The molecular formula is C63H51N. The molecule has 0 aliphatic carbocycles. The molecule has 1 heterocycles. The lowest BCUT2D eigenvalue weighted by Crippen LogP contribution is -1.95. The molecular weight excluding hydrogens is 771 g/mol. The number of fused-ring (bicyclic) bond motifs is 3. The van der Waals surface area contributed by atoms with Crippen LogP contribution in [-0.4, -0.2) is 4.57 Å². The number of benzene rings is 10. The minimum atomic E-state index is 1.16. The second kappa shape index (κ2) is 19.4. The van der Waals surface area contributed by atoms with Crippen LogP contribution >= 0.6 is 0 Å². The van der Waals surface area contributed by atoms with Gasteiger partial charge >= 0.3 is 0 Å². The lowest BCUT2D eigenvalue weighted by Gasteiger charge is -2.14. The summed E-state index contributed by atoms with van der Waals surface area (Å²) in [5.41, 5.74) is 20.0. The quantitative estimate of drug-likeness (QED) is 0.157. The standard InChI is InChI=1S/C37H27N.2C13H12/c1-26-11-9-14-28(23-26)29-21-22-35-34-19-7-8-20-36(34)38(37(35)25-29)31-16-10-15-30(24-31)33-18-6-5-17-32(33)27-12-3-2-4-13-27;2*1-11-6-5-9-13(10-11)12-7-3-2-4-8-12/h2-25H,1H3;2*2-10H,1H3. The van der Waals surface area contributed by atoms with Gasteiger partial charge in [0.1, 0.15) is 0 Å². The number of para-hydroxylation sites is 1. The van der Waals surface area contributed by atoms with Crippen LogP contribution in [0.25, 0.3) is 83.1 Å². The molecule has 0 N–H and O–H groups in total. The molecule has 10 aromatic carbocycles. The Labute approximate surface area is 378 Å². The number of aryl methyl sites for hydroxylation is 3. The molecule has 0 saturated heterocycles. The third kappa shape index (κ3) is 9.40. The molecule has 0 unspecified atom stereocenters. The first-order valence-corrected chi connectivity index (χ1v) is 22.1. The first-order chi connectivity index (χ1) is 31.5. The van der Waals surface area contributed by atoms with Crippen LogP contribution in [0.2, 0.25) is 0 Å². The van der Waals surface area contributed by atoms with E-state index < -0.39 is 0 Å². The molecule has 1 aromatic heterocycles. The van der Waals surface area contributed by atoms with Crippen molar-refractivity contribution in [2.24, 2.45) is 0 Å². The van der Waals surface area contributed by atoms with Crippen molar-refractivity contribution in [3.63, 3.8) is 0 Å². The maximum atomic E-state index is 2.42. The zero-order chi connectivity index (χ0) is 43.7. The van der Waals surface area contributed by atoms with E-state index in [2.05, 4.69) is 268 Å². The summed E-state index contributed by atoms with van der Waals surface area (Å²) >= 11 is 0. The van der Waals surface area contributed by atoms with Crippen molar-refractivity contribution in [1.82, 2.24) is 4.57 Å². The van der Waals surface area contributed by atoms with Crippen LogP contribution in [0.3, 0.4) is 0 Å². The van der Waals surface area contributed by atoms with Gasteiger partial charge < -0.3 is 4.57 Å². The van der Waals surface area contributed by atoms with Gasteiger partial charge in [-0.2, -0.15) is 0 Å². The average Bonchev–Trinajstić information content (AvgIpc) is 3.69. The SMILES string of the molecule is Cc1cccc(-c2ccc3c4ccccc4n(-c4cccc(-c5ccccc5-c5ccccc5)c4)c3c2)c1.Cc1cccc(-c2ccccc2)c1.Cc1cccc(-c2ccccc2)c1. The molecule has 308 valence electrons. The van der Waals surface area contributed by atoms with Gasteiger partial charge in [-0.05, 0) is 101 Å². The monoisotopic (exact) mass is 821 g/mol. The van der Waals surface area contributed by atoms with E-state index in [1.54, 1.807) is 0 Å². The summed E-state index contributed by atoms with van der Waals surface area (Å²) in [4.78, 5) is 0. The van der Waals surface area contributed by atoms with Crippen molar-refractivity contribution in [2.45, 2.75) is 20.8 Å². The third-order valence-corrected chi connectivity index (χ3v) is 11.7. The van der Waals surface area contributed by atoms with Crippen molar-refractivity contribution in [3.8, 4) is 61.3 Å². The maximum Gasteiger partial charge on any atom is 0.0547 e. The van der Waals surface area contributed by atoms with Crippen LogP contribution in [-0.2, 0) is 0 Å². The highest BCUT2D eigenvalue weighted by atomic mass is 15.0. The molecule has 0 bridgehead atoms. The molecule has 64 heavy (non-hydrogen) atoms. The van der Waals surface area contributed by atoms with E-state index in [4.69, 9.17) is 0 Å². The fraction of sp³-hybridized carbons (Fsp3) is 0.0476. The first kappa shape index (κ1) is 41.4. The lowest BCUT2D eigenvalue weighted by atomic mass is 9.94. The molecule has 0 aliphatic rings. The van der Waals surface area contributed by atoms with Gasteiger partial charge in [0, 0.05) is 16.5 Å². The predicted molar refractivity (Wildman–Crippen MR) is 275 cm³/mol. The second-order valence-corrected chi connectivity index (χ2v) is 16.4. The van der Waals surface area contributed by atoms with Gasteiger partial charge in [0.15, 0.2) is 0 Å². The summed E-state index contributed by atoms with van der Waals surface area (Å²) in [5.74, 6) is 0.